The molecule has 1 saturated heterocycles. The number of likely N-dealkylation sites (N-methyl/N-ethyl adjacent to an activating group) is 1. The van der Waals surface area contributed by atoms with E-state index in [0.717, 1.165) is 38.7 Å². The van der Waals surface area contributed by atoms with Gasteiger partial charge < -0.3 is 20.1 Å². The molecule has 0 aromatic carbocycles. The predicted molar refractivity (Wildman–Crippen MR) is 112 cm³/mol. The lowest BCUT2D eigenvalue weighted by atomic mass is 10.2. The zero-order chi connectivity index (χ0) is 16.5. The van der Waals surface area contributed by atoms with Crippen molar-refractivity contribution in [3.05, 3.63) is 24.5 Å². The van der Waals surface area contributed by atoms with Crippen molar-refractivity contribution in [2.45, 2.75) is 26.4 Å². The zero-order valence-electron chi connectivity index (χ0n) is 15.2. The molecule has 1 aromatic rings. The van der Waals surface area contributed by atoms with Gasteiger partial charge in [0, 0.05) is 71.3 Å². The van der Waals surface area contributed by atoms with Crippen LogP contribution in [0.2, 0.25) is 0 Å². The van der Waals surface area contributed by atoms with E-state index in [9.17, 15) is 0 Å². The van der Waals surface area contributed by atoms with Gasteiger partial charge in [0.05, 0.1) is 0 Å². The zero-order valence-corrected chi connectivity index (χ0v) is 17.6. The Bertz CT molecular complexity index is 454. The first-order valence-corrected chi connectivity index (χ1v) is 8.74. The number of halogens is 1. The predicted octanol–water partition coefficient (Wildman–Crippen LogP) is 1.30. The lowest BCUT2D eigenvalue weighted by Gasteiger charge is -2.37. The van der Waals surface area contributed by atoms with Gasteiger partial charge in [-0.2, -0.15) is 0 Å². The molecule has 2 N–H and O–H groups in total. The molecule has 24 heavy (non-hydrogen) atoms. The van der Waals surface area contributed by atoms with Crippen molar-refractivity contribution in [3.63, 3.8) is 0 Å². The standard InChI is InChI=1S/C17H32N6.HI/c1-4-21-11-13-23(14-12-21)16(2)15-20-17(18-3)19-7-10-22-8-5-6-9-22;/h5-6,8-9,16H,4,7,10-15H2,1-3H3,(H2,18,19,20);1H. The molecule has 0 amide bonds. The summed E-state index contributed by atoms with van der Waals surface area (Å²) in [5, 5.41) is 6.82. The number of aromatic nitrogens is 1. The highest BCUT2D eigenvalue weighted by molar-refractivity contribution is 14.0. The molecule has 2 heterocycles. The van der Waals surface area contributed by atoms with Gasteiger partial charge in [-0.25, -0.2) is 0 Å². The molecule has 0 aliphatic carbocycles. The molecule has 1 aliphatic rings. The van der Waals surface area contributed by atoms with Gasteiger partial charge in [0.2, 0.25) is 0 Å². The first kappa shape index (κ1) is 21.2. The molecule has 1 unspecified atom stereocenters. The summed E-state index contributed by atoms with van der Waals surface area (Å²) in [5.41, 5.74) is 0. The smallest absolute Gasteiger partial charge is 0.191 e. The van der Waals surface area contributed by atoms with Gasteiger partial charge in [0.15, 0.2) is 5.96 Å². The molecule has 2 rings (SSSR count). The summed E-state index contributed by atoms with van der Waals surface area (Å²) >= 11 is 0. The number of aliphatic imine (C=N–C) groups is 1. The van der Waals surface area contributed by atoms with Gasteiger partial charge in [0.1, 0.15) is 0 Å². The van der Waals surface area contributed by atoms with Gasteiger partial charge in [-0.15, -0.1) is 24.0 Å². The van der Waals surface area contributed by atoms with Crippen LogP contribution >= 0.6 is 24.0 Å². The average Bonchev–Trinajstić information content (AvgIpc) is 3.11. The number of hydrogen-bond donors (Lipinski definition) is 2. The quantitative estimate of drug-likeness (QED) is 0.375. The number of piperazine rings is 1. The summed E-state index contributed by atoms with van der Waals surface area (Å²) in [6, 6.07) is 4.62. The Hall–Kier alpha value is -0.800. The van der Waals surface area contributed by atoms with Crippen LogP contribution in [-0.2, 0) is 6.54 Å². The topological polar surface area (TPSA) is 47.8 Å². The molecule has 6 nitrogen and oxygen atoms in total. The second-order valence-electron chi connectivity index (χ2n) is 6.12. The third kappa shape index (κ3) is 6.98. The minimum absolute atomic E-state index is 0. The highest BCUT2D eigenvalue weighted by Gasteiger charge is 2.20. The maximum Gasteiger partial charge on any atom is 0.191 e. The van der Waals surface area contributed by atoms with Gasteiger partial charge in [-0.1, -0.05) is 6.92 Å². The minimum Gasteiger partial charge on any atom is -0.355 e. The van der Waals surface area contributed by atoms with Crippen molar-refractivity contribution in [3.8, 4) is 0 Å². The maximum atomic E-state index is 4.31. The maximum absolute atomic E-state index is 4.31. The summed E-state index contributed by atoms with van der Waals surface area (Å²) in [6.45, 7) is 13.1. The van der Waals surface area contributed by atoms with Crippen LogP contribution in [0.25, 0.3) is 0 Å². The van der Waals surface area contributed by atoms with Crippen molar-refractivity contribution in [1.82, 2.24) is 25.0 Å². The third-order valence-corrected chi connectivity index (χ3v) is 4.59. The summed E-state index contributed by atoms with van der Waals surface area (Å²) in [7, 11) is 1.83. The van der Waals surface area contributed by atoms with Crippen molar-refractivity contribution in [1.29, 1.82) is 0 Å². The lowest BCUT2D eigenvalue weighted by molar-refractivity contribution is 0.107. The fraction of sp³-hybridized carbons (Fsp3) is 0.706. The van der Waals surface area contributed by atoms with Gasteiger partial charge >= 0.3 is 0 Å². The van der Waals surface area contributed by atoms with Crippen LogP contribution in [0.15, 0.2) is 29.5 Å². The van der Waals surface area contributed by atoms with E-state index >= 15 is 0 Å². The Morgan fingerprint density at radius 1 is 1.12 bits per heavy atom. The molecule has 0 bridgehead atoms. The van der Waals surface area contributed by atoms with Crippen LogP contribution in [0, 0.1) is 0 Å². The van der Waals surface area contributed by atoms with E-state index in [1.165, 1.54) is 19.6 Å². The lowest BCUT2D eigenvalue weighted by Crippen LogP contribution is -2.53. The Morgan fingerprint density at radius 3 is 2.38 bits per heavy atom. The normalized spacial score (nSPS) is 18.0. The van der Waals surface area contributed by atoms with Crippen LogP contribution in [0.1, 0.15) is 13.8 Å². The Balaban J connectivity index is 0.00000288. The molecular weight excluding hydrogens is 415 g/mol. The molecule has 0 spiro atoms. The number of nitrogens with zero attached hydrogens (tertiary/aromatic N) is 4. The highest BCUT2D eigenvalue weighted by Crippen LogP contribution is 2.05. The molecular formula is C17H33IN6. The largest absolute Gasteiger partial charge is 0.355 e. The van der Waals surface area contributed by atoms with E-state index in [1.54, 1.807) is 0 Å². The minimum atomic E-state index is 0. The molecule has 7 heteroatoms. The average molecular weight is 448 g/mol. The third-order valence-electron chi connectivity index (χ3n) is 4.59. The summed E-state index contributed by atoms with van der Waals surface area (Å²) in [4.78, 5) is 9.38. The van der Waals surface area contributed by atoms with E-state index in [1.807, 2.05) is 19.2 Å². The number of hydrogen-bond acceptors (Lipinski definition) is 3. The monoisotopic (exact) mass is 448 g/mol. The van der Waals surface area contributed by atoms with Crippen LogP contribution in [0.3, 0.4) is 0 Å². The molecule has 0 radical (unpaired) electrons. The number of nitrogens with one attached hydrogen (secondary N) is 2. The van der Waals surface area contributed by atoms with Crippen LogP contribution in [0.5, 0.6) is 0 Å². The molecule has 1 fully saturated rings. The first-order valence-electron chi connectivity index (χ1n) is 8.74. The second-order valence-corrected chi connectivity index (χ2v) is 6.12. The first-order chi connectivity index (χ1) is 11.2. The van der Waals surface area contributed by atoms with Crippen LogP contribution < -0.4 is 10.6 Å². The molecule has 1 atom stereocenters. The number of rotatable bonds is 7. The summed E-state index contributed by atoms with van der Waals surface area (Å²) in [5.74, 6) is 0.885. The van der Waals surface area contributed by atoms with E-state index in [4.69, 9.17) is 0 Å². The highest BCUT2D eigenvalue weighted by atomic mass is 127. The Morgan fingerprint density at radius 2 is 1.79 bits per heavy atom. The van der Waals surface area contributed by atoms with E-state index in [0.29, 0.717) is 6.04 Å². The van der Waals surface area contributed by atoms with Crippen LogP contribution in [-0.4, -0.2) is 79.2 Å². The van der Waals surface area contributed by atoms with Gasteiger partial charge in [0.25, 0.3) is 0 Å². The fourth-order valence-corrected chi connectivity index (χ4v) is 2.94. The molecule has 138 valence electrons. The van der Waals surface area contributed by atoms with Crippen molar-refractivity contribution < 1.29 is 0 Å². The Kier molecular flexibility index (Phi) is 10.4. The second kappa shape index (κ2) is 11.7. The molecule has 1 aromatic heterocycles. The van der Waals surface area contributed by atoms with Crippen molar-refractivity contribution in [2.24, 2.45) is 4.99 Å². The van der Waals surface area contributed by atoms with Gasteiger partial charge in [-0.05, 0) is 25.6 Å². The molecule has 1 aliphatic heterocycles. The Labute approximate surface area is 163 Å². The van der Waals surface area contributed by atoms with E-state index in [2.05, 4.69) is 56.2 Å². The summed E-state index contributed by atoms with van der Waals surface area (Å²) in [6.07, 6.45) is 4.16. The number of guanidine groups is 1. The van der Waals surface area contributed by atoms with E-state index in [-0.39, 0.29) is 24.0 Å². The van der Waals surface area contributed by atoms with Gasteiger partial charge in [-0.3, -0.25) is 9.89 Å². The molecule has 0 saturated carbocycles. The van der Waals surface area contributed by atoms with Crippen LogP contribution in [0.4, 0.5) is 0 Å². The fourth-order valence-electron chi connectivity index (χ4n) is 2.94. The van der Waals surface area contributed by atoms with Crippen molar-refractivity contribution >= 4 is 29.9 Å². The van der Waals surface area contributed by atoms with E-state index < -0.39 is 0 Å². The summed E-state index contributed by atoms with van der Waals surface area (Å²) < 4.78 is 2.16. The van der Waals surface area contributed by atoms with Crippen molar-refractivity contribution in [2.75, 3.05) is 52.9 Å². The SMILES string of the molecule is CCN1CCN(C(C)CNC(=NC)NCCn2cccc2)CC1.I.